The van der Waals surface area contributed by atoms with Crippen molar-refractivity contribution < 1.29 is 14.4 Å². The highest BCUT2D eigenvalue weighted by molar-refractivity contribution is 6.22. The van der Waals surface area contributed by atoms with Gasteiger partial charge in [-0.05, 0) is 43.0 Å². The molecule has 1 unspecified atom stereocenters. The highest BCUT2D eigenvalue weighted by Crippen LogP contribution is 2.26. The van der Waals surface area contributed by atoms with Crippen LogP contribution in [0.3, 0.4) is 0 Å². The Kier molecular flexibility index (Phi) is 4.96. The molecule has 1 fully saturated rings. The third kappa shape index (κ3) is 3.20. The Balaban J connectivity index is 1.53. The quantitative estimate of drug-likeness (QED) is 0.809. The maximum Gasteiger partial charge on any atom is 0.261 e. The first-order valence-electron chi connectivity index (χ1n) is 9.65. The van der Waals surface area contributed by atoms with Crippen LogP contribution in [0.5, 0.6) is 0 Å². The summed E-state index contributed by atoms with van der Waals surface area (Å²) in [6.45, 7) is 1.43. The van der Waals surface area contributed by atoms with Gasteiger partial charge in [0.2, 0.25) is 0 Å². The lowest BCUT2D eigenvalue weighted by molar-refractivity contribution is 0.0655. The average Bonchev–Trinajstić information content (AvgIpc) is 3.30. The first-order chi connectivity index (χ1) is 13.6. The van der Waals surface area contributed by atoms with Crippen molar-refractivity contribution in [3.63, 3.8) is 0 Å². The van der Waals surface area contributed by atoms with Gasteiger partial charge in [-0.1, -0.05) is 30.3 Å². The van der Waals surface area contributed by atoms with Gasteiger partial charge < -0.3 is 10.6 Å². The van der Waals surface area contributed by atoms with Crippen LogP contribution < -0.4 is 5.73 Å². The molecule has 1 atom stereocenters. The first-order valence-corrected chi connectivity index (χ1v) is 9.65. The van der Waals surface area contributed by atoms with Gasteiger partial charge in [-0.3, -0.25) is 19.3 Å². The Labute approximate surface area is 163 Å². The summed E-state index contributed by atoms with van der Waals surface area (Å²) in [5.74, 6) is -0.753. The van der Waals surface area contributed by atoms with Gasteiger partial charge in [0, 0.05) is 31.2 Å². The Morgan fingerprint density at radius 3 is 2.54 bits per heavy atom. The van der Waals surface area contributed by atoms with Crippen molar-refractivity contribution in [2.24, 2.45) is 5.73 Å². The molecule has 2 aliphatic rings. The van der Waals surface area contributed by atoms with E-state index in [1.165, 1.54) is 4.90 Å². The fraction of sp³-hybridized carbons (Fsp3) is 0.318. The molecule has 2 heterocycles. The van der Waals surface area contributed by atoms with E-state index in [1.54, 1.807) is 23.1 Å². The molecule has 0 bridgehead atoms. The van der Waals surface area contributed by atoms with Crippen LogP contribution in [0.15, 0.2) is 48.5 Å². The lowest BCUT2D eigenvalue weighted by Crippen LogP contribution is -2.39. The molecule has 6 heteroatoms. The standard InChI is InChI=1S/C22H23N3O3/c23-14-17-7-4-11-24(17)20(26)16-8-9-18-19(13-16)22(28)25(21(18)27)12-10-15-5-2-1-3-6-15/h1-3,5-6,8-9,13,17H,4,7,10-12,14,23H2. The molecule has 6 nitrogen and oxygen atoms in total. The number of carbonyl (C=O) groups is 3. The van der Waals surface area contributed by atoms with Gasteiger partial charge in [-0.25, -0.2) is 0 Å². The number of nitrogens with two attached hydrogens (primary N) is 1. The van der Waals surface area contributed by atoms with E-state index < -0.39 is 0 Å². The number of hydrogen-bond acceptors (Lipinski definition) is 4. The minimum absolute atomic E-state index is 0.0421. The smallest absolute Gasteiger partial charge is 0.261 e. The molecule has 0 aliphatic carbocycles. The molecule has 0 spiro atoms. The summed E-state index contributed by atoms with van der Waals surface area (Å²) >= 11 is 0. The minimum atomic E-state index is -0.331. The van der Waals surface area contributed by atoms with Crippen LogP contribution in [0.2, 0.25) is 0 Å². The van der Waals surface area contributed by atoms with E-state index in [9.17, 15) is 14.4 Å². The summed E-state index contributed by atoms with van der Waals surface area (Å²) < 4.78 is 0. The van der Waals surface area contributed by atoms with E-state index in [-0.39, 0.29) is 23.8 Å². The van der Waals surface area contributed by atoms with Crippen LogP contribution in [0.1, 0.15) is 49.5 Å². The largest absolute Gasteiger partial charge is 0.334 e. The molecule has 0 aromatic heterocycles. The van der Waals surface area contributed by atoms with E-state index in [2.05, 4.69) is 0 Å². The fourth-order valence-electron chi connectivity index (χ4n) is 4.03. The van der Waals surface area contributed by atoms with Crippen LogP contribution in [0.25, 0.3) is 0 Å². The predicted octanol–water partition coefficient (Wildman–Crippen LogP) is 2.09. The summed E-state index contributed by atoms with van der Waals surface area (Å²) in [6.07, 6.45) is 2.44. The molecular weight excluding hydrogens is 354 g/mol. The molecule has 2 aromatic rings. The third-order valence-electron chi connectivity index (χ3n) is 5.59. The van der Waals surface area contributed by atoms with Crippen molar-refractivity contribution in [3.05, 3.63) is 70.8 Å². The van der Waals surface area contributed by atoms with E-state index in [0.29, 0.717) is 42.7 Å². The molecule has 2 aliphatic heterocycles. The molecule has 0 saturated carbocycles. The maximum atomic E-state index is 12.9. The van der Waals surface area contributed by atoms with Gasteiger partial charge in [-0.2, -0.15) is 0 Å². The molecule has 2 N–H and O–H groups in total. The Morgan fingerprint density at radius 2 is 1.79 bits per heavy atom. The van der Waals surface area contributed by atoms with Crippen LogP contribution >= 0.6 is 0 Å². The molecule has 0 radical (unpaired) electrons. The number of hydrogen-bond donors (Lipinski definition) is 1. The zero-order valence-electron chi connectivity index (χ0n) is 15.6. The molecule has 4 rings (SSSR count). The van der Waals surface area contributed by atoms with Crippen molar-refractivity contribution in [3.8, 4) is 0 Å². The van der Waals surface area contributed by atoms with Gasteiger partial charge in [-0.15, -0.1) is 0 Å². The molecule has 144 valence electrons. The number of benzene rings is 2. The Morgan fingerprint density at radius 1 is 1.04 bits per heavy atom. The van der Waals surface area contributed by atoms with Crippen LogP contribution in [-0.4, -0.2) is 53.2 Å². The van der Waals surface area contributed by atoms with E-state index in [1.807, 2.05) is 30.3 Å². The fourth-order valence-corrected chi connectivity index (χ4v) is 4.03. The number of likely N-dealkylation sites (tertiary alicyclic amines) is 1. The molecule has 28 heavy (non-hydrogen) atoms. The molecule has 2 aromatic carbocycles. The third-order valence-corrected chi connectivity index (χ3v) is 5.59. The zero-order chi connectivity index (χ0) is 19.7. The van der Waals surface area contributed by atoms with Gasteiger partial charge in [0.1, 0.15) is 0 Å². The number of carbonyl (C=O) groups excluding carboxylic acids is 3. The Bertz CT molecular complexity index is 926. The number of fused-ring (bicyclic) bond motifs is 1. The van der Waals surface area contributed by atoms with Crippen molar-refractivity contribution >= 4 is 17.7 Å². The van der Waals surface area contributed by atoms with Gasteiger partial charge >= 0.3 is 0 Å². The van der Waals surface area contributed by atoms with Crippen molar-refractivity contribution in [1.29, 1.82) is 0 Å². The van der Waals surface area contributed by atoms with Crippen LogP contribution in [0, 0.1) is 0 Å². The highest BCUT2D eigenvalue weighted by Gasteiger charge is 2.36. The molecule has 1 saturated heterocycles. The second-order valence-corrected chi connectivity index (χ2v) is 7.29. The van der Waals surface area contributed by atoms with Gasteiger partial charge in [0.05, 0.1) is 11.1 Å². The zero-order valence-corrected chi connectivity index (χ0v) is 15.6. The van der Waals surface area contributed by atoms with Gasteiger partial charge in [0.15, 0.2) is 0 Å². The highest BCUT2D eigenvalue weighted by atomic mass is 16.2. The van der Waals surface area contributed by atoms with Crippen molar-refractivity contribution in [2.75, 3.05) is 19.6 Å². The van der Waals surface area contributed by atoms with Crippen LogP contribution in [-0.2, 0) is 6.42 Å². The lowest BCUT2D eigenvalue weighted by Gasteiger charge is -2.23. The van der Waals surface area contributed by atoms with Crippen LogP contribution in [0.4, 0.5) is 0 Å². The van der Waals surface area contributed by atoms with Crippen molar-refractivity contribution in [1.82, 2.24) is 9.80 Å². The molecule has 3 amide bonds. The normalized spacial score (nSPS) is 18.7. The SMILES string of the molecule is NCC1CCCN1C(=O)c1ccc2c(c1)C(=O)N(CCc1ccccc1)C2=O. The summed E-state index contributed by atoms with van der Waals surface area (Å²) in [4.78, 5) is 41.4. The Hall–Kier alpha value is -2.99. The predicted molar refractivity (Wildman–Crippen MR) is 105 cm³/mol. The summed E-state index contributed by atoms with van der Waals surface area (Å²) in [7, 11) is 0. The average molecular weight is 377 g/mol. The monoisotopic (exact) mass is 377 g/mol. The maximum absolute atomic E-state index is 12.9. The number of amides is 3. The van der Waals surface area contributed by atoms with Crippen molar-refractivity contribution in [2.45, 2.75) is 25.3 Å². The van der Waals surface area contributed by atoms with E-state index in [4.69, 9.17) is 5.73 Å². The number of imide groups is 1. The summed E-state index contributed by atoms with van der Waals surface area (Å²) in [6, 6.07) is 14.6. The summed E-state index contributed by atoms with van der Waals surface area (Å²) in [5, 5.41) is 0. The van der Waals surface area contributed by atoms with E-state index in [0.717, 1.165) is 18.4 Å². The second kappa shape index (κ2) is 7.56. The number of rotatable bonds is 5. The van der Waals surface area contributed by atoms with E-state index >= 15 is 0 Å². The second-order valence-electron chi connectivity index (χ2n) is 7.29. The van der Waals surface area contributed by atoms with Gasteiger partial charge in [0.25, 0.3) is 17.7 Å². The minimum Gasteiger partial charge on any atom is -0.334 e. The molecular formula is C22H23N3O3. The first kappa shape index (κ1) is 18.4. The lowest BCUT2D eigenvalue weighted by atomic mass is 10.0. The summed E-state index contributed by atoms with van der Waals surface area (Å²) in [5.41, 5.74) is 7.95. The number of nitrogens with zero attached hydrogens (tertiary/aromatic N) is 2. The topological polar surface area (TPSA) is 83.7 Å².